The molecule has 2 N–H and O–H groups in total. The molecule has 32 heavy (non-hydrogen) atoms. The number of fused-ring (bicyclic) bond motifs is 2. The van der Waals surface area contributed by atoms with Crippen LogP contribution in [0.3, 0.4) is 0 Å². The van der Waals surface area contributed by atoms with Crippen molar-refractivity contribution in [1.29, 1.82) is 0 Å². The number of nitrogens with zero attached hydrogens (tertiary/aromatic N) is 7. The highest BCUT2D eigenvalue weighted by Crippen LogP contribution is 2.45. The number of thiophene rings is 1. The molecule has 5 heterocycles. The number of nitrogens with two attached hydrogens (primary N) is 1. The van der Waals surface area contributed by atoms with Gasteiger partial charge in [-0.2, -0.15) is 5.10 Å². The fourth-order valence-corrected chi connectivity index (χ4v) is 7.25. The van der Waals surface area contributed by atoms with Gasteiger partial charge >= 0.3 is 0 Å². The van der Waals surface area contributed by atoms with Crippen LogP contribution in [-0.2, 0) is 25.3 Å². The van der Waals surface area contributed by atoms with E-state index in [0.717, 1.165) is 56.2 Å². The third-order valence-electron chi connectivity index (χ3n) is 6.04. The lowest BCUT2D eigenvalue weighted by atomic mass is 10.00. The molecule has 0 radical (unpaired) electrons. The molecule has 0 aliphatic heterocycles. The van der Waals surface area contributed by atoms with E-state index >= 15 is 0 Å². The van der Waals surface area contributed by atoms with Gasteiger partial charge in [0.2, 0.25) is 4.21 Å². The molecule has 162 valence electrons. The molecule has 11 heteroatoms. The summed E-state index contributed by atoms with van der Waals surface area (Å²) in [6.07, 6.45) is 6.62. The first-order chi connectivity index (χ1) is 15.5. The second kappa shape index (κ2) is 7.26. The van der Waals surface area contributed by atoms with Crippen LogP contribution in [0.2, 0.25) is 0 Å². The van der Waals surface area contributed by atoms with Gasteiger partial charge in [-0.25, -0.2) is 14.6 Å². The molecular formula is C21H20N8OS2. The summed E-state index contributed by atoms with van der Waals surface area (Å²) in [5.74, 6) is 0. The number of nitrogen functional groups attached to an aromatic ring is 1. The molecule has 1 aliphatic carbocycles. The van der Waals surface area contributed by atoms with Gasteiger partial charge in [-0.3, -0.25) is 4.68 Å². The highest BCUT2D eigenvalue weighted by molar-refractivity contribution is 7.94. The number of hydrogen-bond acceptors (Lipinski definition) is 8. The van der Waals surface area contributed by atoms with Gasteiger partial charge in [0.15, 0.2) is 5.65 Å². The zero-order valence-electron chi connectivity index (χ0n) is 17.5. The third-order valence-corrected chi connectivity index (χ3v) is 9.33. The molecule has 6 rings (SSSR count). The quantitative estimate of drug-likeness (QED) is 0.405. The second-order valence-electron chi connectivity index (χ2n) is 8.01. The van der Waals surface area contributed by atoms with E-state index in [2.05, 4.69) is 20.4 Å². The standard InChI is InChI=1S/C21H20N8OS2/c1-28-16(6-7-24-28)13-9-14(11-8-15-19(23-10-11)29(2)27-26-15)25-20-17(13)18(22)21(31-20)32(30)12-4-3-5-12/h6-10,12H,3-5,22H2,1-2H3/t32-/m0/s1. The first kappa shape index (κ1) is 19.6. The SMILES string of the molecule is Cn1nccc1-c1cc(-c2cnc3c(c2)nnn3C)nc2sc([S@@+]([O-])C3CCC3)c(N)c12. The molecule has 5 aromatic heterocycles. The van der Waals surface area contributed by atoms with Crippen molar-refractivity contribution in [3.05, 3.63) is 30.6 Å². The Balaban J connectivity index is 1.59. The predicted molar refractivity (Wildman–Crippen MR) is 126 cm³/mol. The third kappa shape index (κ3) is 2.92. The lowest BCUT2D eigenvalue weighted by Crippen LogP contribution is -2.28. The van der Waals surface area contributed by atoms with E-state index in [1.165, 1.54) is 11.3 Å². The Kier molecular flexibility index (Phi) is 4.46. The topological polar surface area (TPSA) is 123 Å². The highest BCUT2D eigenvalue weighted by atomic mass is 32.2. The molecule has 0 amide bonds. The Morgan fingerprint density at radius 1 is 1.22 bits per heavy atom. The number of aromatic nitrogens is 7. The summed E-state index contributed by atoms with van der Waals surface area (Å²) in [7, 11) is 3.70. The molecule has 5 aromatic rings. The van der Waals surface area contributed by atoms with Crippen molar-refractivity contribution in [2.45, 2.75) is 28.7 Å². The van der Waals surface area contributed by atoms with Crippen molar-refractivity contribution >= 4 is 49.6 Å². The maximum atomic E-state index is 13.2. The van der Waals surface area contributed by atoms with E-state index in [0.29, 0.717) is 16.9 Å². The van der Waals surface area contributed by atoms with Crippen molar-refractivity contribution < 1.29 is 4.55 Å². The zero-order valence-corrected chi connectivity index (χ0v) is 19.2. The van der Waals surface area contributed by atoms with E-state index in [-0.39, 0.29) is 5.25 Å². The molecule has 1 aliphatic rings. The normalized spacial score (nSPS) is 15.5. The second-order valence-corrected chi connectivity index (χ2v) is 10.9. The van der Waals surface area contributed by atoms with Crippen LogP contribution < -0.4 is 5.73 Å². The van der Waals surface area contributed by atoms with Crippen molar-refractivity contribution in [3.63, 3.8) is 0 Å². The number of hydrogen-bond donors (Lipinski definition) is 1. The van der Waals surface area contributed by atoms with Gasteiger partial charge in [0, 0.05) is 54.2 Å². The Hall–Kier alpha value is -3.02. The highest BCUT2D eigenvalue weighted by Gasteiger charge is 2.35. The van der Waals surface area contributed by atoms with Crippen molar-refractivity contribution in [2.75, 3.05) is 5.73 Å². The number of pyridine rings is 2. The molecular weight excluding hydrogens is 444 g/mol. The van der Waals surface area contributed by atoms with E-state index in [1.807, 2.05) is 37.0 Å². The van der Waals surface area contributed by atoms with Crippen LogP contribution >= 0.6 is 11.3 Å². The van der Waals surface area contributed by atoms with Crippen LogP contribution in [0.15, 0.2) is 34.8 Å². The van der Waals surface area contributed by atoms with Gasteiger partial charge in [0.05, 0.1) is 11.4 Å². The molecule has 1 atom stereocenters. The lowest BCUT2D eigenvalue weighted by Gasteiger charge is -2.27. The molecule has 1 fully saturated rings. The average Bonchev–Trinajstić information content (AvgIpc) is 3.43. The van der Waals surface area contributed by atoms with Gasteiger partial charge in [-0.05, 0) is 37.5 Å². The van der Waals surface area contributed by atoms with Gasteiger partial charge in [-0.1, -0.05) is 16.6 Å². The van der Waals surface area contributed by atoms with Gasteiger partial charge < -0.3 is 10.3 Å². The van der Waals surface area contributed by atoms with E-state index in [1.54, 1.807) is 17.1 Å². The van der Waals surface area contributed by atoms with Gasteiger partial charge in [-0.15, -0.1) is 5.10 Å². The minimum atomic E-state index is -1.12. The van der Waals surface area contributed by atoms with Crippen molar-refractivity contribution in [3.8, 4) is 22.5 Å². The summed E-state index contributed by atoms with van der Waals surface area (Å²) < 4.78 is 17.3. The van der Waals surface area contributed by atoms with Crippen LogP contribution in [0.1, 0.15) is 19.3 Å². The van der Waals surface area contributed by atoms with Gasteiger partial charge in [0.1, 0.15) is 21.3 Å². The average molecular weight is 465 g/mol. The monoisotopic (exact) mass is 464 g/mol. The summed E-state index contributed by atoms with van der Waals surface area (Å²) in [6, 6.07) is 5.88. The summed E-state index contributed by atoms with van der Waals surface area (Å²) in [4.78, 5) is 10.2. The van der Waals surface area contributed by atoms with Crippen LogP contribution in [0.5, 0.6) is 0 Å². The Bertz CT molecular complexity index is 1480. The summed E-state index contributed by atoms with van der Waals surface area (Å²) in [6.45, 7) is 0. The molecule has 1 saturated carbocycles. The molecule has 0 bridgehead atoms. The molecule has 0 aromatic carbocycles. The van der Waals surface area contributed by atoms with E-state index in [9.17, 15) is 4.55 Å². The number of rotatable bonds is 4. The predicted octanol–water partition coefficient (Wildman–Crippen LogP) is 3.28. The number of anilines is 1. The van der Waals surface area contributed by atoms with Crippen LogP contribution in [0.25, 0.3) is 43.9 Å². The largest absolute Gasteiger partial charge is 0.611 e. The summed E-state index contributed by atoms with van der Waals surface area (Å²) >= 11 is 0.310. The lowest BCUT2D eigenvalue weighted by molar-refractivity contribution is 0.478. The first-order valence-electron chi connectivity index (χ1n) is 10.3. The summed E-state index contributed by atoms with van der Waals surface area (Å²) in [5, 5.41) is 13.6. The minimum Gasteiger partial charge on any atom is -0.611 e. The number of aryl methyl sites for hydroxylation is 2. The first-order valence-corrected chi connectivity index (χ1v) is 12.3. The maximum Gasteiger partial charge on any atom is 0.232 e. The molecule has 0 unspecified atom stereocenters. The van der Waals surface area contributed by atoms with Crippen molar-refractivity contribution in [1.82, 2.24) is 34.7 Å². The van der Waals surface area contributed by atoms with E-state index in [4.69, 9.17) is 10.7 Å². The minimum absolute atomic E-state index is 0.188. The van der Waals surface area contributed by atoms with E-state index < -0.39 is 11.2 Å². The fraction of sp³-hybridized carbons (Fsp3) is 0.286. The fourth-order valence-electron chi connectivity index (χ4n) is 4.04. The molecule has 9 nitrogen and oxygen atoms in total. The Labute approximate surface area is 190 Å². The van der Waals surface area contributed by atoms with Crippen LogP contribution in [0, 0.1) is 0 Å². The molecule has 0 spiro atoms. The maximum absolute atomic E-state index is 13.2. The van der Waals surface area contributed by atoms with Crippen LogP contribution in [0.4, 0.5) is 5.69 Å². The smallest absolute Gasteiger partial charge is 0.232 e. The summed E-state index contributed by atoms with van der Waals surface area (Å²) in [5.41, 5.74) is 12.0. The van der Waals surface area contributed by atoms with Gasteiger partial charge in [0.25, 0.3) is 0 Å². The molecule has 0 saturated heterocycles. The Morgan fingerprint density at radius 3 is 2.78 bits per heavy atom. The van der Waals surface area contributed by atoms with Crippen LogP contribution in [-0.4, -0.2) is 44.5 Å². The van der Waals surface area contributed by atoms with Crippen molar-refractivity contribution in [2.24, 2.45) is 14.1 Å². The Morgan fingerprint density at radius 2 is 2.06 bits per heavy atom. The zero-order chi connectivity index (χ0) is 22.0.